The van der Waals surface area contributed by atoms with Crippen molar-refractivity contribution in [1.82, 2.24) is 5.06 Å². The molecule has 0 atom stereocenters. The molecule has 1 aliphatic carbocycles. The number of ether oxygens (including phenoxy) is 1. The lowest BCUT2D eigenvalue weighted by Crippen LogP contribution is -2.36. The summed E-state index contributed by atoms with van der Waals surface area (Å²) in [4.78, 5) is 27.4. The molecule has 1 fully saturated rings. The van der Waals surface area contributed by atoms with E-state index in [1.165, 1.54) is 7.05 Å². The van der Waals surface area contributed by atoms with Gasteiger partial charge in [0.1, 0.15) is 5.60 Å². The molecular formula is C10H17NO4. The number of hydrogen-bond donors (Lipinski definition) is 0. The Labute approximate surface area is 89.3 Å². The zero-order valence-corrected chi connectivity index (χ0v) is 9.57. The zero-order chi connectivity index (χ0) is 11.6. The van der Waals surface area contributed by atoms with E-state index in [0.29, 0.717) is 0 Å². The number of hydrogen-bond acceptors (Lipinski definition) is 4. The third kappa shape index (κ3) is 4.18. The summed E-state index contributed by atoms with van der Waals surface area (Å²) < 4.78 is 5.01. The maximum Gasteiger partial charge on any atom is 0.443 e. The monoisotopic (exact) mass is 215 g/mol. The maximum absolute atomic E-state index is 11.4. The van der Waals surface area contributed by atoms with Crippen molar-refractivity contribution in [2.24, 2.45) is 5.92 Å². The van der Waals surface area contributed by atoms with Crippen LogP contribution in [0.5, 0.6) is 0 Å². The molecule has 0 aliphatic heterocycles. The van der Waals surface area contributed by atoms with Gasteiger partial charge in [0, 0.05) is 0 Å². The third-order valence-corrected chi connectivity index (χ3v) is 1.79. The Morgan fingerprint density at radius 2 is 1.80 bits per heavy atom. The molecular weight excluding hydrogens is 198 g/mol. The molecule has 1 rings (SSSR count). The van der Waals surface area contributed by atoms with Gasteiger partial charge in [-0.3, -0.25) is 0 Å². The van der Waals surface area contributed by atoms with E-state index in [0.717, 1.165) is 17.9 Å². The Bertz CT molecular complexity index is 265. The summed E-state index contributed by atoms with van der Waals surface area (Å²) in [6, 6.07) is 0. The van der Waals surface area contributed by atoms with Crippen LogP contribution in [0.4, 0.5) is 4.79 Å². The minimum Gasteiger partial charge on any atom is -0.442 e. The van der Waals surface area contributed by atoms with Crippen LogP contribution in [0.25, 0.3) is 0 Å². The van der Waals surface area contributed by atoms with Gasteiger partial charge in [-0.2, -0.15) is 0 Å². The van der Waals surface area contributed by atoms with Gasteiger partial charge in [-0.1, -0.05) is 0 Å². The van der Waals surface area contributed by atoms with E-state index in [1.807, 2.05) is 0 Å². The first-order valence-electron chi connectivity index (χ1n) is 4.98. The topological polar surface area (TPSA) is 55.8 Å². The van der Waals surface area contributed by atoms with Crippen molar-refractivity contribution in [1.29, 1.82) is 0 Å². The minimum atomic E-state index is -0.656. The Morgan fingerprint density at radius 3 is 2.20 bits per heavy atom. The number of nitrogens with zero attached hydrogens (tertiary/aromatic N) is 1. The van der Waals surface area contributed by atoms with E-state index in [1.54, 1.807) is 20.8 Å². The Kier molecular flexibility index (Phi) is 3.21. The van der Waals surface area contributed by atoms with E-state index in [2.05, 4.69) is 0 Å². The van der Waals surface area contributed by atoms with Gasteiger partial charge in [0.05, 0.1) is 13.0 Å². The molecule has 0 aromatic carbocycles. The number of hydroxylamine groups is 2. The van der Waals surface area contributed by atoms with Crippen molar-refractivity contribution in [2.75, 3.05) is 7.05 Å². The second-order valence-electron chi connectivity index (χ2n) is 4.66. The Balaban J connectivity index is 2.35. The fourth-order valence-corrected chi connectivity index (χ4v) is 0.892. The van der Waals surface area contributed by atoms with Crippen LogP contribution in [0.2, 0.25) is 0 Å². The Hall–Kier alpha value is -1.26. The first-order valence-corrected chi connectivity index (χ1v) is 4.98. The highest BCUT2D eigenvalue weighted by Gasteiger charge is 2.34. The SMILES string of the molecule is CN(OC(=O)C1CC1)C(=O)OC(C)(C)C. The summed E-state index contributed by atoms with van der Waals surface area (Å²) >= 11 is 0. The number of carbonyl (C=O) groups excluding carboxylic acids is 2. The van der Waals surface area contributed by atoms with Crippen molar-refractivity contribution in [2.45, 2.75) is 39.2 Å². The highest BCUT2D eigenvalue weighted by molar-refractivity contribution is 5.77. The normalized spacial score (nSPS) is 15.7. The molecule has 0 saturated heterocycles. The van der Waals surface area contributed by atoms with Crippen LogP contribution in [0.1, 0.15) is 33.6 Å². The maximum atomic E-state index is 11.4. The van der Waals surface area contributed by atoms with E-state index in [4.69, 9.17) is 9.57 Å². The average molecular weight is 215 g/mol. The average Bonchev–Trinajstić information content (AvgIpc) is 2.82. The third-order valence-electron chi connectivity index (χ3n) is 1.79. The largest absolute Gasteiger partial charge is 0.443 e. The first-order chi connectivity index (χ1) is 6.79. The molecule has 0 unspecified atom stereocenters. The summed E-state index contributed by atoms with van der Waals surface area (Å²) in [5.41, 5.74) is -0.586. The summed E-state index contributed by atoms with van der Waals surface area (Å²) in [6.45, 7) is 5.25. The van der Waals surface area contributed by atoms with Crippen molar-refractivity contribution < 1.29 is 19.2 Å². The number of amides is 1. The molecule has 0 aromatic rings. The quantitative estimate of drug-likeness (QED) is 0.625. The number of rotatable bonds is 1. The van der Waals surface area contributed by atoms with E-state index in [-0.39, 0.29) is 11.9 Å². The molecule has 1 saturated carbocycles. The molecule has 5 heteroatoms. The molecule has 1 aliphatic rings. The summed E-state index contributed by atoms with van der Waals surface area (Å²) in [6.07, 6.45) is 1.04. The first kappa shape index (κ1) is 11.8. The lowest BCUT2D eigenvalue weighted by Gasteiger charge is -2.23. The lowest BCUT2D eigenvalue weighted by atomic mass is 10.2. The molecule has 0 spiro atoms. The lowest BCUT2D eigenvalue weighted by molar-refractivity contribution is -0.180. The fourth-order valence-electron chi connectivity index (χ4n) is 0.892. The van der Waals surface area contributed by atoms with Crippen molar-refractivity contribution in [3.63, 3.8) is 0 Å². The van der Waals surface area contributed by atoms with Crippen LogP contribution < -0.4 is 0 Å². The molecule has 0 aromatic heterocycles. The van der Waals surface area contributed by atoms with Gasteiger partial charge in [-0.05, 0) is 33.6 Å². The zero-order valence-electron chi connectivity index (χ0n) is 9.57. The molecule has 0 heterocycles. The van der Waals surface area contributed by atoms with Crippen LogP contribution in [0, 0.1) is 5.92 Å². The minimum absolute atomic E-state index is 0.0325. The van der Waals surface area contributed by atoms with Crippen LogP contribution in [-0.2, 0) is 14.4 Å². The van der Waals surface area contributed by atoms with Crippen LogP contribution in [-0.4, -0.2) is 29.8 Å². The van der Waals surface area contributed by atoms with Crippen LogP contribution in [0.15, 0.2) is 0 Å². The van der Waals surface area contributed by atoms with E-state index < -0.39 is 11.7 Å². The number of carbonyl (C=O) groups is 2. The highest BCUT2D eigenvalue weighted by Crippen LogP contribution is 2.30. The molecule has 0 bridgehead atoms. The van der Waals surface area contributed by atoms with Gasteiger partial charge >= 0.3 is 12.1 Å². The molecule has 0 N–H and O–H groups in total. The van der Waals surface area contributed by atoms with Crippen LogP contribution >= 0.6 is 0 Å². The molecule has 0 radical (unpaired) electrons. The highest BCUT2D eigenvalue weighted by atomic mass is 16.8. The fraction of sp³-hybridized carbons (Fsp3) is 0.800. The van der Waals surface area contributed by atoms with Crippen LogP contribution in [0.3, 0.4) is 0 Å². The van der Waals surface area contributed by atoms with Gasteiger partial charge in [-0.25, -0.2) is 9.59 Å². The van der Waals surface area contributed by atoms with Gasteiger partial charge in [0.15, 0.2) is 0 Å². The van der Waals surface area contributed by atoms with Crippen molar-refractivity contribution in [3.05, 3.63) is 0 Å². The molecule has 15 heavy (non-hydrogen) atoms. The standard InChI is InChI=1S/C10H17NO4/c1-10(2,3)14-9(13)11(4)15-8(12)7-5-6-7/h7H,5-6H2,1-4H3. The van der Waals surface area contributed by atoms with Gasteiger partial charge < -0.3 is 9.57 Å². The molecule has 5 nitrogen and oxygen atoms in total. The van der Waals surface area contributed by atoms with Crippen molar-refractivity contribution in [3.8, 4) is 0 Å². The second kappa shape index (κ2) is 4.08. The smallest absolute Gasteiger partial charge is 0.442 e. The van der Waals surface area contributed by atoms with Gasteiger partial charge in [-0.15, -0.1) is 5.06 Å². The molecule has 86 valence electrons. The predicted molar refractivity (Wildman–Crippen MR) is 52.8 cm³/mol. The summed E-state index contributed by atoms with van der Waals surface area (Å²) in [7, 11) is 1.37. The van der Waals surface area contributed by atoms with E-state index in [9.17, 15) is 9.59 Å². The van der Waals surface area contributed by atoms with Gasteiger partial charge in [0.2, 0.25) is 0 Å². The summed E-state index contributed by atoms with van der Waals surface area (Å²) in [5, 5.41) is 0.839. The van der Waals surface area contributed by atoms with Gasteiger partial charge in [0.25, 0.3) is 0 Å². The van der Waals surface area contributed by atoms with Crippen molar-refractivity contribution >= 4 is 12.1 Å². The predicted octanol–water partition coefficient (Wildman–Crippen LogP) is 1.72. The molecule has 1 amide bonds. The Morgan fingerprint density at radius 1 is 1.27 bits per heavy atom. The second-order valence-corrected chi connectivity index (χ2v) is 4.66. The van der Waals surface area contributed by atoms with E-state index >= 15 is 0 Å². The summed E-state index contributed by atoms with van der Waals surface area (Å²) in [5.74, 6) is -0.391.